The van der Waals surface area contributed by atoms with Crippen molar-refractivity contribution in [2.45, 2.75) is 6.54 Å². The van der Waals surface area contributed by atoms with E-state index in [1.54, 1.807) is 18.2 Å². The summed E-state index contributed by atoms with van der Waals surface area (Å²) in [4.78, 5) is 0. The number of benzene rings is 2. The monoisotopic (exact) mass is 329 g/mol. The number of phenolic OH excluding ortho intramolecular Hbond substituents is 1. The van der Waals surface area contributed by atoms with Crippen LogP contribution in [0.3, 0.4) is 0 Å². The Morgan fingerprint density at radius 2 is 2.00 bits per heavy atom. The maximum atomic E-state index is 13.5. The molecule has 0 bridgehead atoms. The van der Waals surface area contributed by atoms with Gasteiger partial charge in [-0.05, 0) is 36.4 Å². The fraction of sp³-hybridized carbons (Fsp3) is 0.0769. The van der Waals surface area contributed by atoms with E-state index < -0.39 is 0 Å². The molecule has 0 spiro atoms. The first kappa shape index (κ1) is 13.2. The Morgan fingerprint density at radius 3 is 2.78 bits per heavy atom. The standard InChI is InChI=1S/C13H10BrClFNO/c14-9-1-4-13(18)8(5-9)7-17-12-6-10(15)2-3-11(12)16/h1-6,17-18H,7H2. The summed E-state index contributed by atoms with van der Waals surface area (Å²) in [5.41, 5.74) is 0.977. The molecule has 0 saturated carbocycles. The molecule has 0 aromatic heterocycles. The van der Waals surface area contributed by atoms with E-state index in [2.05, 4.69) is 21.2 Å². The second-order valence-corrected chi connectivity index (χ2v) is 5.10. The Labute approximate surface area is 118 Å². The molecule has 2 rings (SSSR count). The first-order valence-corrected chi connectivity index (χ1v) is 6.39. The summed E-state index contributed by atoms with van der Waals surface area (Å²) in [6.07, 6.45) is 0. The van der Waals surface area contributed by atoms with Crippen molar-refractivity contribution in [3.8, 4) is 5.75 Å². The number of nitrogens with one attached hydrogen (secondary N) is 1. The first-order chi connectivity index (χ1) is 8.56. The number of hydrogen-bond acceptors (Lipinski definition) is 2. The molecule has 2 nitrogen and oxygen atoms in total. The molecule has 94 valence electrons. The van der Waals surface area contributed by atoms with Crippen LogP contribution in [-0.4, -0.2) is 5.11 Å². The van der Waals surface area contributed by atoms with Crippen molar-refractivity contribution < 1.29 is 9.50 Å². The molecule has 5 heteroatoms. The van der Waals surface area contributed by atoms with Gasteiger partial charge in [-0.3, -0.25) is 0 Å². The second-order valence-electron chi connectivity index (χ2n) is 3.75. The van der Waals surface area contributed by atoms with E-state index in [4.69, 9.17) is 11.6 Å². The van der Waals surface area contributed by atoms with Crippen molar-refractivity contribution in [1.29, 1.82) is 0 Å². The minimum absolute atomic E-state index is 0.160. The predicted molar refractivity (Wildman–Crippen MR) is 74.5 cm³/mol. The Hall–Kier alpha value is -1.26. The highest BCUT2D eigenvalue weighted by molar-refractivity contribution is 9.10. The van der Waals surface area contributed by atoms with Gasteiger partial charge in [-0.15, -0.1) is 0 Å². The van der Waals surface area contributed by atoms with Gasteiger partial charge in [0, 0.05) is 21.6 Å². The number of halogens is 3. The van der Waals surface area contributed by atoms with Crippen LogP contribution in [0.4, 0.5) is 10.1 Å². The highest BCUT2D eigenvalue weighted by Gasteiger charge is 2.05. The second kappa shape index (κ2) is 5.59. The Bertz CT molecular complexity index is 525. The zero-order chi connectivity index (χ0) is 13.1. The van der Waals surface area contributed by atoms with Crippen LogP contribution in [0.5, 0.6) is 5.75 Å². The number of anilines is 1. The predicted octanol–water partition coefficient (Wildman–Crippen LogP) is 4.56. The molecule has 2 N–H and O–H groups in total. The minimum Gasteiger partial charge on any atom is -0.508 e. The molecular formula is C13H10BrClFNO. The molecule has 0 heterocycles. The summed E-state index contributed by atoms with van der Waals surface area (Å²) < 4.78 is 14.3. The van der Waals surface area contributed by atoms with E-state index >= 15 is 0 Å². The van der Waals surface area contributed by atoms with Gasteiger partial charge in [-0.2, -0.15) is 0 Å². The van der Waals surface area contributed by atoms with Crippen LogP contribution >= 0.6 is 27.5 Å². The fourth-order valence-electron chi connectivity index (χ4n) is 1.52. The maximum absolute atomic E-state index is 13.5. The van der Waals surface area contributed by atoms with E-state index in [9.17, 15) is 9.50 Å². The highest BCUT2D eigenvalue weighted by Crippen LogP contribution is 2.24. The minimum atomic E-state index is -0.381. The van der Waals surface area contributed by atoms with Crippen molar-refractivity contribution in [2.75, 3.05) is 5.32 Å². The van der Waals surface area contributed by atoms with E-state index in [1.807, 2.05) is 0 Å². The van der Waals surface area contributed by atoms with Crippen molar-refractivity contribution in [1.82, 2.24) is 0 Å². The molecule has 0 aliphatic carbocycles. The van der Waals surface area contributed by atoms with Crippen LogP contribution in [-0.2, 0) is 6.54 Å². The summed E-state index contributed by atoms with van der Waals surface area (Å²) in [6, 6.07) is 9.37. The Morgan fingerprint density at radius 1 is 1.22 bits per heavy atom. The molecule has 2 aromatic carbocycles. The van der Waals surface area contributed by atoms with E-state index in [0.29, 0.717) is 22.8 Å². The third kappa shape index (κ3) is 3.15. The SMILES string of the molecule is Oc1ccc(Br)cc1CNc1cc(Cl)ccc1F. The molecule has 18 heavy (non-hydrogen) atoms. The van der Waals surface area contributed by atoms with Gasteiger partial charge in [0.15, 0.2) is 0 Å². The van der Waals surface area contributed by atoms with E-state index in [0.717, 1.165) is 4.47 Å². The van der Waals surface area contributed by atoms with Crippen LogP contribution in [0.1, 0.15) is 5.56 Å². The molecule has 0 aliphatic rings. The van der Waals surface area contributed by atoms with Gasteiger partial charge < -0.3 is 10.4 Å². The Kier molecular flexibility index (Phi) is 4.09. The summed E-state index contributed by atoms with van der Waals surface area (Å²) in [7, 11) is 0. The summed E-state index contributed by atoms with van der Waals surface area (Å²) >= 11 is 9.11. The van der Waals surface area contributed by atoms with Gasteiger partial charge in [0.05, 0.1) is 5.69 Å². The molecule has 0 fully saturated rings. The molecule has 2 aromatic rings. The lowest BCUT2D eigenvalue weighted by molar-refractivity contribution is 0.469. The quantitative estimate of drug-likeness (QED) is 0.864. The fourth-order valence-corrected chi connectivity index (χ4v) is 2.10. The van der Waals surface area contributed by atoms with Crippen LogP contribution in [0, 0.1) is 5.82 Å². The van der Waals surface area contributed by atoms with Crippen LogP contribution in [0.25, 0.3) is 0 Å². The topological polar surface area (TPSA) is 32.3 Å². The summed E-state index contributed by atoms with van der Waals surface area (Å²) in [5, 5.41) is 13.0. The number of aromatic hydroxyl groups is 1. The van der Waals surface area contributed by atoms with Crippen LogP contribution in [0.2, 0.25) is 5.02 Å². The third-order valence-electron chi connectivity index (χ3n) is 2.44. The average Bonchev–Trinajstić information content (AvgIpc) is 2.34. The number of rotatable bonds is 3. The third-order valence-corrected chi connectivity index (χ3v) is 3.17. The van der Waals surface area contributed by atoms with E-state index in [1.165, 1.54) is 18.2 Å². The summed E-state index contributed by atoms with van der Waals surface area (Å²) in [6.45, 7) is 0.308. The van der Waals surface area contributed by atoms with Crippen molar-refractivity contribution in [3.63, 3.8) is 0 Å². The summed E-state index contributed by atoms with van der Waals surface area (Å²) in [5.74, 6) is -0.220. The lowest BCUT2D eigenvalue weighted by Crippen LogP contribution is -2.01. The molecule has 0 atom stereocenters. The molecule has 0 saturated heterocycles. The largest absolute Gasteiger partial charge is 0.508 e. The van der Waals surface area contributed by atoms with Gasteiger partial charge in [-0.1, -0.05) is 27.5 Å². The lowest BCUT2D eigenvalue weighted by atomic mass is 10.2. The smallest absolute Gasteiger partial charge is 0.146 e. The zero-order valence-corrected chi connectivity index (χ0v) is 11.6. The molecule has 0 aliphatic heterocycles. The van der Waals surface area contributed by atoms with E-state index in [-0.39, 0.29) is 11.6 Å². The molecule has 0 amide bonds. The lowest BCUT2D eigenvalue weighted by Gasteiger charge is -2.09. The normalized spacial score (nSPS) is 10.4. The van der Waals surface area contributed by atoms with Crippen LogP contribution in [0.15, 0.2) is 40.9 Å². The van der Waals surface area contributed by atoms with Gasteiger partial charge in [-0.25, -0.2) is 4.39 Å². The maximum Gasteiger partial charge on any atom is 0.146 e. The highest BCUT2D eigenvalue weighted by atomic mass is 79.9. The Balaban J connectivity index is 2.16. The van der Waals surface area contributed by atoms with Gasteiger partial charge in [0.25, 0.3) is 0 Å². The van der Waals surface area contributed by atoms with Crippen molar-refractivity contribution >= 4 is 33.2 Å². The molecule has 0 radical (unpaired) electrons. The van der Waals surface area contributed by atoms with Gasteiger partial charge in [0.2, 0.25) is 0 Å². The van der Waals surface area contributed by atoms with Gasteiger partial charge in [0.1, 0.15) is 11.6 Å². The van der Waals surface area contributed by atoms with Crippen molar-refractivity contribution in [2.24, 2.45) is 0 Å². The van der Waals surface area contributed by atoms with Gasteiger partial charge >= 0.3 is 0 Å². The zero-order valence-electron chi connectivity index (χ0n) is 9.25. The average molecular weight is 331 g/mol. The number of phenols is 1. The van der Waals surface area contributed by atoms with Crippen molar-refractivity contribution in [3.05, 3.63) is 57.3 Å². The first-order valence-electron chi connectivity index (χ1n) is 5.22. The molecular weight excluding hydrogens is 321 g/mol. The number of hydrogen-bond donors (Lipinski definition) is 2. The van der Waals surface area contributed by atoms with Crippen LogP contribution < -0.4 is 5.32 Å². The molecule has 0 unspecified atom stereocenters.